The van der Waals surface area contributed by atoms with Gasteiger partial charge in [0.1, 0.15) is 10.8 Å². The van der Waals surface area contributed by atoms with Crippen LogP contribution < -0.4 is 4.72 Å². The number of pyridine rings is 1. The van der Waals surface area contributed by atoms with Crippen molar-refractivity contribution in [3.8, 4) is 20.9 Å². The fraction of sp³-hybridized carbons (Fsp3) is 0.0833. The SMILES string of the molecule is CN1Cc2cc(-c3ccc(-c4ccc(F)c(NSc5ccccn5)c4)s3)ccc2C1=O. The molecule has 1 aliphatic heterocycles. The molecule has 0 fully saturated rings. The Balaban J connectivity index is 1.39. The summed E-state index contributed by atoms with van der Waals surface area (Å²) in [5.74, 6) is -0.236. The van der Waals surface area contributed by atoms with E-state index in [4.69, 9.17) is 0 Å². The fourth-order valence-electron chi connectivity index (χ4n) is 3.54. The van der Waals surface area contributed by atoms with E-state index < -0.39 is 0 Å². The fourth-order valence-corrected chi connectivity index (χ4v) is 5.17. The van der Waals surface area contributed by atoms with Gasteiger partial charge in [-0.2, -0.15) is 0 Å². The maximum Gasteiger partial charge on any atom is 0.254 e. The standard InChI is InChI=1S/C24H18FN3OS2/c1-28-14-17-12-15(5-7-18(17)24(28)29)21-9-10-22(30-21)16-6-8-19(25)20(13-16)27-31-23-4-2-3-11-26-23/h2-13,27H,14H2,1H3. The lowest BCUT2D eigenvalue weighted by Gasteiger charge is -2.08. The Morgan fingerprint density at radius 3 is 2.58 bits per heavy atom. The minimum absolute atomic E-state index is 0.0725. The molecule has 0 saturated carbocycles. The van der Waals surface area contributed by atoms with Gasteiger partial charge >= 0.3 is 0 Å². The lowest BCUT2D eigenvalue weighted by Crippen LogP contribution is -2.17. The van der Waals surface area contributed by atoms with Crippen LogP contribution in [-0.2, 0) is 6.54 Å². The number of halogens is 1. The van der Waals surface area contributed by atoms with Gasteiger partial charge in [0.25, 0.3) is 5.91 Å². The van der Waals surface area contributed by atoms with E-state index in [2.05, 4.69) is 21.8 Å². The van der Waals surface area contributed by atoms with E-state index in [1.165, 1.54) is 18.0 Å². The molecule has 5 rings (SSSR count). The van der Waals surface area contributed by atoms with Crippen LogP contribution in [0.5, 0.6) is 0 Å². The van der Waals surface area contributed by atoms with Crippen LogP contribution in [0.2, 0.25) is 0 Å². The highest BCUT2D eigenvalue weighted by molar-refractivity contribution is 8.00. The molecule has 0 saturated heterocycles. The highest BCUT2D eigenvalue weighted by atomic mass is 32.2. The summed E-state index contributed by atoms with van der Waals surface area (Å²) in [6, 6.07) is 20.8. The van der Waals surface area contributed by atoms with Gasteiger partial charge in [0, 0.05) is 47.1 Å². The maximum absolute atomic E-state index is 14.3. The van der Waals surface area contributed by atoms with Gasteiger partial charge < -0.3 is 9.62 Å². The summed E-state index contributed by atoms with van der Waals surface area (Å²) < 4.78 is 17.4. The number of nitrogens with one attached hydrogen (secondary N) is 1. The number of benzene rings is 2. The molecule has 0 aliphatic carbocycles. The highest BCUT2D eigenvalue weighted by Crippen LogP contribution is 2.37. The second-order valence-electron chi connectivity index (χ2n) is 7.26. The van der Waals surface area contributed by atoms with Crippen molar-refractivity contribution in [2.24, 2.45) is 0 Å². The zero-order valence-electron chi connectivity index (χ0n) is 16.6. The maximum atomic E-state index is 14.3. The number of aromatic nitrogens is 1. The van der Waals surface area contributed by atoms with Gasteiger partial charge in [-0.1, -0.05) is 18.2 Å². The van der Waals surface area contributed by atoms with Gasteiger partial charge in [-0.05, 0) is 65.2 Å². The molecule has 1 amide bonds. The van der Waals surface area contributed by atoms with E-state index >= 15 is 0 Å². The van der Waals surface area contributed by atoms with Gasteiger partial charge in [-0.25, -0.2) is 9.37 Å². The van der Waals surface area contributed by atoms with Gasteiger partial charge in [0.2, 0.25) is 0 Å². The summed E-state index contributed by atoms with van der Waals surface area (Å²) >= 11 is 2.92. The number of carbonyl (C=O) groups is 1. The normalized spacial score (nSPS) is 12.8. The molecule has 0 radical (unpaired) electrons. The van der Waals surface area contributed by atoms with Crippen molar-refractivity contribution >= 4 is 34.9 Å². The molecule has 1 aliphatic rings. The number of hydrogen-bond donors (Lipinski definition) is 1. The molecular weight excluding hydrogens is 429 g/mol. The number of fused-ring (bicyclic) bond motifs is 1. The summed E-state index contributed by atoms with van der Waals surface area (Å²) in [7, 11) is 1.82. The summed E-state index contributed by atoms with van der Waals surface area (Å²) in [6.45, 7) is 0.640. The van der Waals surface area contributed by atoms with E-state index in [1.54, 1.807) is 28.5 Å². The minimum Gasteiger partial charge on any atom is -0.337 e. The van der Waals surface area contributed by atoms with E-state index in [0.717, 1.165) is 37.0 Å². The van der Waals surface area contributed by atoms with Gasteiger partial charge in [0.15, 0.2) is 0 Å². The number of hydrogen-bond acceptors (Lipinski definition) is 5. The number of anilines is 1. The second-order valence-corrected chi connectivity index (χ2v) is 9.17. The quantitative estimate of drug-likeness (QED) is 0.364. The molecule has 154 valence electrons. The first kappa shape index (κ1) is 19.8. The minimum atomic E-state index is -0.309. The van der Waals surface area contributed by atoms with Crippen LogP contribution in [0.1, 0.15) is 15.9 Å². The Hall–Kier alpha value is -3.16. The summed E-state index contributed by atoms with van der Waals surface area (Å²) in [5, 5.41) is 0.770. The Bertz CT molecular complexity index is 1270. The van der Waals surface area contributed by atoms with E-state index in [-0.39, 0.29) is 11.7 Å². The van der Waals surface area contributed by atoms with Crippen LogP contribution in [0, 0.1) is 5.82 Å². The topological polar surface area (TPSA) is 45.2 Å². The van der Waals surface area contributed by atoms with Gasteiger partial charge in [-0.15, -0.1) is 11.3 Å². The first-order chi connectivity index (χ1) is 15.1. The third kappa shape index (κ3) is 3.94. The number of amides is 1. The van der Waals surface area contributed by atoms with Crippen LogP contribution in [0.4, 0.5) is 10.1 Å². The predicted octanol–water partition coefficient (Wildman–Crippen LogP) is 6.32. The third-order valence-corrected chi connectivity index (χ3v) is 7.09. The van der Waals surface area contributed by atoms with Gasteiger partial charge in [-0.3, -0.25) is 4.79 Å². The van der Waals surface area contributed by atoms with Crippen LogP contribution in [0.15, 0.2) is 78.0 Å². The molecule has 0 atom stereocenters. The monoisotopic (exact) mass is 447 g/mol. The van der Waals surface area contributed by atoms with Crippen LogP contribution in [0.3, 0.4) is 0 Å². The smallest absolute Gasteiger partial charge is 0.254 e. The summed E-state index contributed by atoms with van der Waals surface area (Å²) in [4.78, 5) is 20.2. The molecule has 0 unspecified atom stereocenters. The van der Waals surface area contributed by atoms with Gasteiger partial charge in [0.05, 0.1) is 5.69 Å². The summed E-state index contributed by atoms with van der Waals surface area (Å²) in [5.41, 5.74) is 4.28. The van der Waals surface area contributed by atoms with Crippen LogP contribution in [0.25, 0.3) is 20.9 Å². The average Bonchev–Trinajstić information content (AvgIpc) is 3.39. The van der Waals surface area contributed by atoms with E-state index in [9.17, 15) is 9.18 Å². The molecule has 2 aromatic heterocycles. The van der Waals surface area contributed by atoms with E-state index in [0.29, 0.717) is 12.2 Å². The first-order valence-corrected chi connectivity index (χ1v) is 11.3. The lowest BCUT2D eigenvalue weighted by molar-refractivity contribution is 0.0816. The van der Waals surface area contributed by atoms with Crippen molar-refractivity contribution in [2.45, 2.75) is 11.6 Å². The lowest BCUT2D eigenvalue weighted by atomic mass is 10.1. The van der Waals surface area contributed by atoms with Crippen LogP contribution in [-0.4, -0.2) is 22.8 Å². The van der Waals surface area contributed by atoms with Crippen molar-refractivity contribution in [1.82, 2.24) is 9.88 Å². The molecule has 4 aromatic rings. The van der Waals surface area contributed by atoms with Crippen molar-refractivity contribution in [3.63, 3.8) is 0 Å². The molecule has 0 bridgehead atoms. The zero-order chi connectivity index (χ0) is 21.4. The Morgan fingerprint density at radius 1 is 1.03 bits per heavy atom. The molecule has 3 heterocycles. The Kier molecular flexibility index (Phi) is 5.21. The molecule has 1 N–H and O–H groups in total. The predicted molar refractivity (Wildman–Crippen MR) is 125 cm³/mol. The Labute approximate surface area is 187 Å². The number of carbonyl (C=O) groups excluding carboxylic acids is 1. The zero-order valence-corrected chi connectivity index (χ0v) is 18.3. The molecular formula is C24H18FN3OS2. The molecule has 0 spiro atoms. The van der Waals surface area contributed by atoms with Crippen molar-refractivity contribution in [2.75, 3.05) is 11.8 Å². The molecule has 2 aromatic carbocycles. The largest absolute Gasteiger partial charge is 0.337 e. The van der Waals surface area contributed by atoms with Crippen molar-refractivity contribution in [1.29, 1.82) is 0 Å². The third-order valence-electron chi connectivity index (χ3n) is 5.13. The molecule has 7 heteroatoms. The number of rotatable bonds is 5. The second kappa shape index (κ2) is 8.17. The van der Waals surface area contributed by atoms with Crippen molar-refractivity contribution < 1.29 is 9.18 Å². The average molecular weight is 448 g/mol. The first-order valence-electron chi connectivity index (χ1n) is 9.71. The van der Waals surface area contributed by atoms with Crippen molar-refractivity contribution in [3.05, 3.63) is 89.9 Å². The molecule has 4 nitrogen and oxygen atoms in total. The Morgan fingerprint density at radius 2 is 1.81 bits per heavy atom. The van der Waals surface area contributed by atoms with Crippen LogP contribution >= 0.6 is 23.3 Å². The summed E-state index contributed by atoms with van der Waals surface area (Å²) in [6.07, 6.45) is 1.71. The molecule has 31 heavy (non-hydrogen) atoms. The van der Waals surface area contributed by atoms with E-state index in [1.807, 2.05) is 49.5 Å². The number of thiophene rings is 1. The number of nitrogens with zero attached hydrogens (tertiary/aromatic N) is 2. The highest BCUT2D eigenvalue weighted by Gasteiger charge is 2.24.